The van der Waals surface area contributed by atoms with Crippen LogP contribution in [0.4, 0.5) is 0 Å². The van der Waals surface area contributed by atoms with Gasteiger partial charge in [-0.05, 0) is 37.5 Å². The van der Waals surface area contributed by atoms with Gasteiger partial charge in [0, 0.05) is 6.61 Å². The molecule has 0 aromatic carbocycles. The van der Waals surface area contributed by atoms with Crippen molar-refractivity contribution >= 4 is 0 Å². The summed E-state index contributed by atoms with van der Waals surface area (Å²) < 4.78 is 0. The molecule has 0 heterocycles. The predicted octanol–water partition coefficient (Wildman–Crippen LogP) is 4.72. The number of hydrogen-bond acceptors (Lipinski definition) is 1. The fraction of sp³-hybridized carbons (Fsp3) is 0.750. The van der Waals surface area contributed by atoms with Crippen LogP contribution < -0.4 is 0 Å². The van der Waals surface area contributed by atoms with Crippen LogP contribution in [0.2, 0.25) is 0 Å². The minimum Gasteiger partial charge on any atom is -0.396 e. The zero-order chi connectivity index (χ0) is 12.9. The van der Waals surface area contributed by atoms with Crippen molar-refractivity contribution in [1.82, 2.24) is 0 Å². The molecule has 0 radical (unpaired) electrons. The highest BCUT2D eigenvalue weighted by Crippen LogP contribution is 2.15. The Labute approximate surface area is 108 Å². The smallest absolute Gasteiger partial charge is 0.0465 e. The summed E-state index contributed by atoms with van der Waals surface area (Å²) in [6, 6.07) is 0. The van der Waals surface area contributed by atoms with Crippen molar-refractivity contribution in [3.8, 4) is 0 Å². The molecule has 0 bridgehead atoms. The topological polar surface area (TPSA) is 20.2 Å². The third-order valence-electron chi connectivity index (χ3n) is 2.78. The second-order valence-electron chi connectivity index (χ2n) is 5.16. The number of aliphatic hydroxyl groups is 1. The van der Waals surface area contributed by atoms with Crippen molar-refractivity contribution in [2.45, 2.75) is 59.3 Å². The van der Waals surface area contributed by atoms with E-state index in [4.69, 9.17) is 5.11 Å². The van der Waals surface area contributed by atoms with Gasteiger partial charge in [0.2, 0.25) is 0 Å². The van der Waals surface area contributed by atoms with Gasteiger partial charge >= 0.3 is 0 Å². The first-order chi connectivity index (χ1) is 8.20. The van der Waals surface area contributed by atoms with Crippen LogP contribution >= 0.6 is 0 Å². The third kappa shape index (κ3) is 11.7. The SMILES string of the molecule is CCCCC/C=C\[C@H](/C=C\CCO)CC(C)C. The van der Waals surface area contributed by atoms with Gasteiger partial charge in [0.15, 0.2) is 0 Å². The molecule has 0 saturated heterocycles. The summed E-state index contributed by atoms with van der Waals surface area (Å²) in [6.07, 6.45) is 16.1. The molecule has 0 spiro atoms. The molecule has 0 amide bonds. The highest BCUT2D eigenvalue weighted by molar-refractivity contribution is 5.00. The molecule has 0 aliphatic heterocycles. The maximum atomic E-state index is 8.76. The summed E-state index contributed by atoms with van der Waals surface area (Å²) in [5.41, 5.74) is 0. The van der Waals surface area contributed by atoms with Gasteiger partial charge in [0.05, 0.1) is 0 Å². The Morgan fingerprint density at radius 2 is 1.65 bits per heavy atom. The molecule has 0 unspecified atom stereocenters. The predicted molar refractivity (Wildman–Crippen MR) is 77.1 cm³/mol. The van der Waals surface area contributed by atoms with Crippen LogP contribution in [-0.2, 0) is 0 Å². The van der Waals surface area contributed by atoms with E-state index in [2.05, 4.69) is 45.1 Å². The van der Waals surface area contributed by atoms with E-state index in [0.717, 1.165) is 12.3 Å². The van der Waals surface area contributed by atoms with E-state index < -0.39 is 0 Å². The van der Waals surface area contributed by atoms with Crippen molar-refractivity contribution < 1.29 is 5.11 Å². The molecule has 0 rings (SSSR count). The van der Waals surface area contributed by atoms with Crippen molar-refractivity contribution in [2.75, 3.05) is 6.61 Å². The largest absolute Gasteiger partial charge is 0.396 e. The molecular formula is C16H30O. The Morgan fingerprint density at radius 3 is 2.18 bits per heavy atom. The van der Waals surface area contributed by atoms with E-state index in [0.29, 0.717) is 5.92 Å². The minimum atomic E-state index is 0.255. The van der Waals surface area contributed by atoms with Gasteiger partial charge in [-0.3, -0.25) is 0 Å². The van der Waals surface area contributed by atoms with Crippen molar-refractivity contribution in [1.29, 1.82) is 0 Å². The van der Waals surface area contributed by atoms with Crippen LogP contribution in [0.25, 0.3) is 0 Å². The Balaban J connectivity index is 3.99. The average Bonchev–Trinajstić information content (AvgIpc) is 2.28. The summed E-state index contributed by atoms with van der Waals surface area (Å²) in [4.78, 5) is 0. The molecule has 17 heavy (non-hydrogen) atoms. The van der Waals surface area contributed by atoms with E-state index >= 15 is 0 Å². The van der Waals surface area contributed by atoms with Crippen LogP contribution in [0.1, 0.15) is 59.3 Å². The maximum Gasteiger partial charge on any atom is 0.0465 e. The van der Waals surface area contributed by atoms with Gasteiger partial charge in [-0.15, -0.1) is 0 Å². The van der Waals surface area contributed by atoms with Crippen LogP contribution in [0.15, 0.2) is 24.3 Å². The van der Waals surface area contributed by atoms with E-state index in [1.165, 1.54) is 32.1 Å². The lowest BCUT2D eigenvalue weighted by Gasteiger charge is -2.10. The quantitative estimate of drug-likeness (QED) is 0.431. The highest BCUT2D eigenvalue weighted by atomic mass is 16.2. The average molecular weight is 238 g/mol. The molecule has 0 fully saturated rings. The lowest BCUT2D eigenvalue weighted by atomic mass is 9.95. The van der Waals surface area contributed by atoms with Crippen LogP contribution in [0, 0.1) is 11.8 Å². The third-order valence-corrected chi connectivity index (χ3v) is 2.78. The number of unbranched alkanes of at least 4 members (excludes halogenated alkanes) is 3. The summed E-state index contributed by atoms with van der Waals surface area (Å²) in [6.45, 7) is 7.02. The molecular weight excluding hydrogens is 208 g/mol. The monoisotopic (exact) mass is 238 g/mol. The zero-order valence-electron chi connectivity index (χ0n) is 11.9. The molecule has 1 atom stereocenters. The summed E-state index contributed by atoms with van der Waals surface area (Å²) in [5, 5.41) is 8.76. The molecule has 0 aliphatic carbocycles. The van der Waals surface area contributed by atoms with E-state index in [1.54, 1.807) is 0 Å². The number of rotatable bonds is 10. The number of allylic oxidation sites excluding steroid dienone is 3. The van der Waals surface area contributed by atoms with Crippen LogP contribution in [0.5, 0.6) is 0 Å². The minimum absolute atomic E-state index is 0.255. The Bertz CT molecular complexity index is 204. The second kappa shape index (κ2) is 11.9. The molecule has 1 heteroatoms. The fourth-order valence-electron chi connectivity index (χ4n) is 1.89. The van der Waals surface area contributed by atoms with Crippen molar-refractivity contribution in [3.63, 3.8) is 0 Å². The maximum absolute atomic E-state index is 8.76. The first kappa shape index (κ1) is 16.4. The van der Waals surface area contributed by atoms with Gasteiger partial charge in [-0.1, -0.05) is 57.9 Å². The van der Waals surface area contributed by atoms with E-state index in [1.807, 2.05) is 0 Å². The molecule has 0 aromatic rings. The number of aliphatic hydroxyl groups excluding tert-OH is 1. The molecule has 0 saturated carbocycles. The Kier molecular flexibility index (Phi) is 11.5. The summed E-state index contributed by atoms with van der Waals surface area (Å²) in [7, 11) is 0. The first-order valence-electron chi connectivity index (χ1n) is 7.14. The second-order valence-corrected chi connectivity index (χ2v) is 5.16. The van der Waals surface area contributed by atoms with Gasteiger partial charge < -0.3 is 5.11 Å². The Hall–Kier alpha value is -0.560. The highest BCUT2D eigenvalue weighted by Gasteiger charge is 2.02. The molecule has 1 nitrogen and oxygen atoms in total. The Morgan fingerprint density at radius 1 is 1.00 bits per heavy atom. The molecule has 1 N–H and O–H groups in total. The van der Waals surface area contributed by atoms with Gasteiger partial charge in [0.25, 0.3) is 0 Å². The standard InChI is InChI=1S/C16H30O/c1-4-5-6-7-8-11-16(14-15(2)3)12-9-10-13-17/h8-9,11-12,15-17H,4-7,10,13-14H2,1-3H3/b11-8-,12-9-/t16-/m1/s1. The van der Waals surface area contributed by atoms with Crippen LogP contribution in [0.3, 0.4) is 0 Å². The summed E-state index contributed by atoms with van der Waals surface area (Å²) >= 11 is 0. The summed E-state index contributed by atoms with van der Waals surface area (Å²) in [5.74, 6) is 1.27. The number of hydrogen-bond donors (Lipinski definition) is 1. The van der Waals surface area contributed by atoms with Crippen LogP contribution in [-0.4, -0.2) is 11.7 Å². The normalized spacial score (nSPS) is 14.2. The first-order valence-corrected chi connectivity index (χ1v) is 7.14. The van der Waals surface area contributed by atoms with E-state index in [-0.39, 0.29) is 6.61 Å². The molecule has 100 valence electrons. The lowest BCUT2D eigenvalue weighted by molar-refractivity contribution is 0.302. The zero-order valence-corrected chi connectivity index (χ0v) is 11.9. The van der Waals surface area contributed by atoms with Gasteiger partial charge in [-0.2, -0.15) is 0 Å². The van der Waals surface area contributed by atoms with Crippen molar-refractivity contribution in [2.24, 2.45) is 11.8 Å². The molecule has 0 aromatic heterocycles. The van der Waals surface area contributed by atoms with Gasteiger partial charge in [-0.25, -0.2) is 0 Å². The molecule has 0 aliphatic rings. The fourth-order valence-corrected chi connectivity index (χ4v) is 1.89. The lowest BCUT2D eigenvalue weighted by Crippen LogP contribution is -1.98. The van der Waals surface area contributed by atoms with E-state index in [9.17, 15) is 0 Å². The van der Waals surface area contributed by atoms with Crippen molar-refractivity contribution in [3.05, 3.63) is 24.3 Å². The van der Waals surface area contributed by atoms with Gasteiger partial charge in [0.1, 0.15) is 0 Å².